The molecule has 0 aliphatic carbocycles. The van der Waals surface area contributed by atoms with Crippen molar-refractivity contribution in [3.05, 3.63) is 0 Å². The number of ether oxygens (including phenoxy) is 3. The van der Waals surface area contributed by atoms with Gasteiger partial charge in [0.2, 0.25) is 0 Å². The van der Waals surface area contributed by atoms with Gasteiger partial charge in [-0.25, -0.2) is 0 Å². The van der Waals surface area contributed by atoms with Crippen molar-refractivity contribution in [1.82, 2.24) is 0 Å². The standard InChI is InChI=1S/C17H24O6/c1-2-3-12(18)10-7-13(19)23-14(10)11-6-9-8-17(15(11)22-9)4-5-21-16(17)20/h9-12,14-15,18H,2-8H2,1H3. The lowest BCUT2D eigenvalue weighted by Gasteiger charge is -2.37. The summed E-state index contributed by atoms with van der Waals surface area (Å²) in [5, 5.41) is 10.4. The average Bonchev–Trinajstić information content (AvgIpc) is 3.24. The van der Waals surface area contributed by atoms with Crippen molar-refractivity contribution in [1.29, 1.82) is 0 Å². The Kier molecular flexibility index (Phi) is 3.65. The third kappa shape index (κ3) is 2.22. The van der Waals surface area contributed by atoms with Gasteiger partial charge in [-0.3, -0.25) is 9.59 Å². The lowest BCUT2D eigenvalue weighted by Crippen LogP contribution is -2.48. The number of esters is 2. The molecule has 4 saturated heterocycles. The van der Waals surface area contributed by atoms with Gasteiger partial charge in [0, 0.05) is 18.3 Å². The van der Waals surface area contributed by atoms with E-state index >= 15 is 0 Å². The number of cyclic esters (lactones) is 2. The molecule has 0 amide bonds. The molecule has 0 aromatic carbocycles. The average molecular weight is 324 g/mol. The summed E-state index contributed by atoms with van der Waals surface area (Å²) in [7, 11) is 0. The van der Waals surface area contributed by atoms with Crippen molar-refractivity contribution in [2.45, 2.75) is 69.9 Å². The summed E-state index contributed by atoms with van der Waals surface area (Å²) in [4.78, 5) is 24.1. The molecule has 4 heterocycles. The van der Waals surface area contributed by atoms with Gasteiger partial charge < -0.3 is 19.3 Å². The zero-order valence-electron chi connectivity index (χ0n) is 13.4. The van der Waals surface area contributed by atoms with Gasteiger partial charge in [0.25, 0.3) is 0 Å². The number of rotatable bonds is 4. The maximum Gasteiger partial charge on any atom is 0.314 e. The number of carbonyl (C=O) groups excluding carboxylic acids is 2. The number of hydrogen-bond acceptors (Lipinski definition) is 6. The van der Waals surface area contributed by atoms with Crippen molar-refractivity contribution in [3.63, 3.8) is 0 Å². The van der Waals surface area contributed by atoms with Crippen LogP contribution in [0.1, 0.15) is 45.4 Å². The quantitative estimate of drug-likeness (QED) is 0.782. The molecule has 4 rings (SSSR count). The van der Waals surface area contributed by atoms with E-state index in [2.05, 4.69) is 0 Å². The summed E-state index contributed by atoms with van der Waals surface area (Å²) in [6.45, 7) is 2.46. The van der Waals surface area contributed by atoms with Crippen molar-refractivity contribution >= 4 is 11.9 Å². The Morgan fingerprint density at radius 2 is 2.22 bits per heavy atom. The summed E-state index contributed by atoms with van der Waals surface area (Å²) in [6, 6.07) is 0. The molecule has 1 spiro atoms. The smallest absolute Gasteiger partial charge is 0.314 e. The van der Waals surface area contributed by atoms with Crippen molar-refractivity contribution in [3.8, 4) is 0 Å². The van der Waals surface area contributed by atoms with E-state index in [0.29, 0.717) is 19.4 Å². The first-order chi connectivity index (χ1) is 11.0. The van der Waals surface area contributed by atoms with Crippen LogP contribution in [-0.4, -0.2) is 48.1 Å². The molecule has 0 aromatic heterocycles. The van der Waals surface area contributed by atoms with Gasteiger partial charge in [0.05, 0.1) is 31.3 Å². The first-order valence-electron chi connectivity index (χ1n) is 8.75. The third-order valence-electron chi connectivity index (χ3n) is 6.18. The highest BCUT2D eigenvalue weighted by Crippen LogP contribution is 2.57. The van der Waals surface area contributed by atoms with Crippen molar-refractivity contribution < 1.29 is 28.9 Å². The number of fused-ring (bicyclic) bond motifs is 3. The lowest BCUT2D eigenvalue weighted by atomic mass is 9.65. The molecule has 0 saturated carbocycles. The second-order valence-corrected chi connectivity index (χ2v) is 7.50. The molecule has 6 nitrogen and oxygen atoms in total. The van der Waals surface area contributed by atoms with Crippen LogP contribution in [0.25, 0.3) is 0 Å². The molecule has 0 radical (unpaired) electrons. The molecule has 0 aromatic rings. The molecule has 128 valence electrons. The summed E-state index contributed by atoms with van der Waals surface area (Å²) in [6.07, 6.45) is 2.90. The predicted molar refractivity (Wildman–Crippen MR) is 78.3 cm³/mol. The van der Waals surface area contributed by atoms with Crippen LogP contribution in [0, 0.1) is 17.3 Å². The van der Waals surface area contributed by atoms with Crippen LogP contribution in [0.2, 0.25) is 0 Å². The van der Waals surface area contributed by atoms with Gasteiger partial charge in [0.1, 0.15) is 11.5 Å². The van der Waals surface area contributed by atoms with Crippen LogP contribution in [0.15, 0.2) is 0 Å². The fourth-order valence-corrected chi connectivity index (χ4v) is 5.17. The molecule has 2 bridgehead atoms. The van der Waals surface area contributed by atoms with Crippen molar-refractivity contribution in [2.75, 3.05) is 6.61 Å². The highest BCUT2D eigenvalue weighted by atomic mass is 16.6. The first-order valence-corrected chi connectivity index (χ1v) is 8.75. The van der Waals surface area contributed by atoms with Crippen LogP contribution in [0.3, 0.4) is 0 Å². The van der Waals surface area contributed by atoms with E-state index in [0.717, 1.165) is 19.3 Å². The molecular weight excluding hydrogens is 300 g/mol. The van der Waals surface area contributed by atoms with E-state index < -0.39 is 11.5 Å². The Hall–Kier alpha value is -1.14. The maximum atomic E-state index is 12.3. The fraction of sp³-hybridized carbons (Fsp3) is 0.882. The predicted octanol–water partition coefficient (Wildman–Crippen LogP) is 1.19. The fourth-order valence-electron chi connectivity index (χ4n) is 5.17. The van der Waals surface area contributed by atoms with Crippen molar-refractivity contribution in [2.24, 2.45) is 17.3 Å². The van der Waals surface area contributed by atoms with Gasteiger partial charge in [-0.15, -0.1) is 0 Å². The topological polar surface area (TPSA) is 82.1 Å². The number of hydrogen-bond donors (Lipinski definition) is 1. The Bertz CT molecular complexity index is 519. The minimum atomic E-state index is -0.553. The third-order valence-corrected chi connectivity index (χ3v) is 6.18. The molecule has 6 heteroatoms. The van der Waals surface area contributed by atoms with E-state index in [9.17, 15) is 14.7 Å². The Morgan fingerprint density at radius 1 is 1.39 bits per heavy atom. The summed E-state index contributed by atoms with van der Waals surface area (Å²) in [5.74, 6) is -0.613. The van der Waals surface area contributed by atoms with Gasteiger partial charge in [-0.05, 0) is 19.3 Å². The monoisotopic (exact) mass is 324 g/mol. The molecule has 4 aliphatic heterocycles. The van der Waals surface area contributed by atoms with Gasteiger partial charge in [-0.2, -0.15) is 0 Å². The summed E-state index contributed by atoms with van der Waals surface area (Å²) >= 11 is 0. The van der Waals surface area contributed by atoms with Crippen LogP contribution in [-0.2, 0) is 23.8 Å². The van der Waals surface area contributed by atoms with Gasteiger partial charge in [-0.1, -0.05) is 13.3 Å². The molecule has 4 aliphatic rings. The van der Waals surface area contributed by atoms with Crippen LogP contribution in [0.5, 0.6) is 0 Å². The minimum Gasteiger partial charge on any atom is -0.465 e. The van der Waals surface area contributed by atoms with Crippen LogP contribution < -0.4 is 0 Å². The normalized spacial score (nSPS) is 46.4. The number of aliphatic hydroxyl groups excluding tert-OH is 1. The zero-order chi connectivity index (χ0) is 16.2. The molecule has 23 heavy (non-hydrogen) atoms. The Labute approximate surface area is 135 Å². The van der Waals surface area contributed by atoms with Gasteiger partial charge >= 0.3 is 11.9 Å². The molecule has 1 N–H and O–H groups in total. The SMILES string of the molecule is CCCC(O)C1CC(=O)OC1C1CC2CC3(CCOC3=O)C1O2. The number of carbonyl (C=O) groups is 2. The summed E-state index contributed by atoms with van der Waals surface area (Å²) in [5.41, 5.74) is -0.553. The van der Waals surface area contributed by atoms with E-state index in [4.69, 9.17) is 14.2 Å². The molecule has 4 fully saturated rings. The van der Waals surface area contributed by atoms with Crippen LogP contribution >= 0.6 is 0 Å². The van der Waals surface area contributed by atoms with E-state index in [1.165, 1.54) is 0 Å². The highest BCUT2D eigenvalue weighted by molar-refractivity contribution is 5.80. The van der Waals surface area contributed by atoms with E-state index in [1.807, 2.05) is 6.92 Å². The largest absolute Gasteiger partial charge is 0.465 e. The molecule has 7 atom stereocenters. The molecular formula is C17H24O6. The number of aliphatic hydroxyl groups is 1. The van der Waals surface area contributed by atoms with Gasteiger partial charge in [0.15, 0.2) is 0 Å². The second kappa shape index (κ2) is 5.45. The Morgan fingerprint density at radius 3 is 2.87 bits per heavy atom. The van der Waals surface area contributed by atoms with Crippen LogP contribution in [0.4, 0.5) is 0 Å². The highest BCUT2D eigenvalue weighted by Gasteiger charge is 2.66. The zero-order valence-corrected chi connectivity index (χ0v) is 13.4. The summed E-state index contributed by atoms with van der Waals surface area (Å²) < 4.78 is 16.9. The van der Waals surface area contributed by atoms with E-state index in [-0.39, 0.29) is 48.5 Å². The maximum absolute atomic E-state index is 12.3. The Balaban J connectivity index is 1.58. The minimum absolute atomic E-state index is 0.0117. The van der Waals surface area contributed by atoms with E-state index in [1.54, 1.807) is 0 Å². The first kappa shape index (κ1) is 15.4. The second-order valence-electron chi connectivity index (χ2n) is 7.50. The lowest BCUT2D eigenvalue weighted by molar-refractivity contribution is -0.153. The molecule has 7 unspecified atom stereocenters.